The number of ether oxygens (including phenoxy) is 1. The molecule has 154 valence electrons. The Balaban J connectivity index is 1.71. The summed E-state index contributed by atoms with van der Waals surface area (Å²) in [4.78, 5) is 23.5. The third-order valence-electron chi connectivity index (χ3n) is 4.50. The highest BCUT2D eigenvalue weighted by atomic mass is 32.2. The number of aryl methyl sites for hydroxylation is 1. The zero-order chi connectivity index (χ0) is 21.0. The summed E-state index contributed by atoms with van der Waals surface area (Å²) in [5.74, 6) is -0.520. The monoisotopic (exact) mass is 417 g/mol. The van der Waals surface area contributed by atoms with Gasteiger partial charge in [0.1, 0.15) is 6.54 Å². The number of urea groups is 1. The van der Waals surface area contributed by atoms with Gasteiger partial charge in [0.2, 0.25) is 0 Å². The standard InChI is InChI=1S/C20H23N3O5S/c1-3-28-19(24)13-21-20(25)22-16-6-9-18-15(12-16)10-11-23(18)29(26,27)17-7-4-14(2)5-8-17/h4-9,12H,3,10-11,13H2,1-2H3,(H2,21,22,25). The number of nitrogens with one attached hydrogen (secondary N) is 2. The summed E-state index contributed by atoms with van der Waals surface area (Å²) in [5, 5.41) is 5.05. The number of rotatable bonds is 6. The molecule has 0 bridgehead atoms. The van der Waals surface area contributed by atoms with Gasteiger partial charge in [0.25, 0.3) is 10.0 Å². The number of hydrogen-bond acceptors (Lipinski definition) is 5. The SMILES string of the molecule is CCOC(=O)CNC(=O)Nc1ccc2c(c1)CCN2S(=O)(=O)c1ccc(C)cc1. The molecular formula is C20H23N3O5S. The van der Waals surface area contributed by atoms with Gasteiger partial charge in [-0.25, -0.2) is 13.2 Å². The Hall–Kier alpha value is -3.07. The summed E-state index contributed by atoms with van der Waals surface area (Å²) in [7, 11) is -3.65. The molecule has 9 heteroatoms. The summed E-state index contributed by atoms with van der Waals surface area (Å²) in [6.45, 7) is 3.94. The number of esters is 1. The Morgan fingerprint density at radius 2 is 1.86 bits per heavy atom. The predicted molar refractivity (Wildman–Crippen MR) is 110 cm³/mol. The fraction of sp³-hybridized carbons (Fsp3) is 0.300. The van der Waals surface area contributed by atoms with E-state index in [0.717, 1.165) is 11.1 Å². The second-order valence-corrected chi connectivity index (χ2v) is 8.46. The van der Waals surface area contributed by atoms with Crippen LogP contribution in [0.4, 0.5) is 16.2 Å². The van der Waals surface area contributed by atoms with Gasteiger partial charge in [0.15, 0.2) is 0 Å². The number of carbonyl (C=O) groups excluding carboxylic acids is 2. The average Bonchev–Trinajstić information content (AvgIpc) is 3.11. The normalized spacial score (nSPS) is 13.0. The van der Waals surface area contributed by atoms with Crippen molar-refractivity contribution in [3.63, 3.8) is 0 Å². The molecule has 0 atom stereocenters. The number of nitrogens with zero attached hydrogens (tertiary/aromatic N) is 1. The summed E-state index contributed by atoms with van der Waals surface area (Å²) in [5.41, 5.74) is 2.93. The van der Waals surface area contributed by atoms with Crippen molar-refractivity contribution in [1.29, 1.82) is 0 Å². The molecule has 0 saturated heterocycles. The molecule has 3 rings (SSSR count). The average molecular weight is 417 g/mol. The third-order valence-corrected chi connectivity index (χ3v) is 6.33. The number of anilines is 2. The van der Waals surface area contributed by atoms with Crippen molar-refractivity contribution >= 4 is 33.4 Å². The summed E-state index contributed by atoms with van der Waals surface area (Å²) < 4.78 is 32.1. The van der Waals surface area contributed by atoms with E-state index in [1.54, 1.807) is 49.4 Å². The van der Waals surface area contributed by atoms with Gasteiger partial charge in [-0.3, -0.25) is 9.10 Å². The summed E-state index contributed by atoms with van der Waals surface area (Å²) >= 11 is 0. The van der Waals surface area contributed by atoms with Gasteiger partial charge < -0.3 is 15.4 Å². The van der Waals surface area contributed by atoms with Crippen molar-refractivity contribution in [3.05, 3.63) is 53.6 Å². The topological polar surface area (TPSA) is 105 Å². The lowest BCUT2D eigenvalue weighted by atomic mass is 10.1. The minimum absolute atomic E-state index is 0.229. The first-order valence-electron chi connectivity index (χ1n) is 9.24. The zero-order valence-electron chi connectivity index (χ0n) is 16.3. The molecule has 29 heavy (non-hydrogen) atoms. The largest absolute Gasteiger partial charge is 0.465 e. The van der Waals surface area contributed by atoms with Gasteiger partial charge in [-0.05, 0) is 56.2 Å². The molecule has 1 aliphatic heterocycles. The highest BCUT2D eigenvalue weighted by Gasteiger charge is 2.31. The molecule has 2 N–H and O–H groups in total. The maximum atomic E-state index is 13.0. The van der Waals surface area contributed by atoms with Crippen LogP contribution in [-0.4, -0.2) is 40.1 Å². The fourth-order valence-electron chi connectivity index (χ4n) is 3.08. The Morgan fingerprint density at radius 3 is 2.55 bits per heavy atom. The molecule has 2 aromatic carbocycles. The lowest BCUT2D eigenvalue weighted by Crippen LogP contribution is -2.34. The van der Waals surface area contributed by atoms with Crippen LogP contribution in [0.15, 0.2) is 47.4 Å². The van der Waals surface area contributed by atoms with E-state index in [1.807, 2.05) is 6.92 Å². The van der Waals surface area contributed by atoms with Gasteiger partial charge in [0.05, 0.1) is 17.2 Å². The fourth-order valence-corrected chi connectivity index (χ4v) is 4.58. The molecule has 2 aromatic rings. The zero-order valence-corrected chi connectivity index (χ0v) is 17.1. The molecule has 0 spiro atoms. The number of carbonyl (C=O) groups is 2. The Kier molecular flexibility index (Phi) is 6.07. The lowest BCUT2D eigenvalue weighted by molar-refractivity contribution is -0.141. The second-order valence-electron chi connectivity index (χ2n) is 6.60. The van der Waals surface area contributed by atoms with Crippen LogP contribution in [0.5, 0.6) is 0 Å². The molecule has 1 heterocycles. The summed E-state index contributed by atoms with van der Waals surface area (Å²) in [6, 6.07) is 11.3. The smallest absolute Gasteiger partial charge is 0.325 e. The van der Waals surface area contributed by atoms with E-state index in [4.69, 9.17) is 4.74 Å². The van der Waals surface area contributed by atoms with Crippen LogP contribution in [0.2, 0.25) is 0 Å². The maximum absolute atomic E-state index is 13.0. The molecule has 1 aliphatic rings. The number of sulfonamides is 1. The lowest BCUT2D eigenvalue weighted by Gasteiger charge is -2.20. The van der Waals surface area contributed by atoms with E-state index >= 15 is 0 Å². The maximum Gasteiger partial charge on any atom is 0.325 e. The minimum atomic E-state index is -3.65. The van der Waals surface area contributed by atoms with Crippen molar-refractivity contribution < 1.29 is 22.7 Å². The van der Waals surface area contributed by atoms with E-state index in [1.165, 1.54) is 4.31 Å². The van der Waals surface area contributed by atoms with Crippen molar-refractivity contribution in [2.75, 3.05) is 29.3 Å². The molecule has 0 unspecified atom stereocenters. The molecule has 0 aliphatic carbocycles. The van der Waals surface area contributed by atoms with Gasteiger partial charge in [-0.2, -0.15) is 0 Å². The number of benzene rings is 2. The van der Waals surface area contributed by atoms with Crippen LogP contribution in [0, 0.1) is 6.92 Å². The molecule has 0 aromatic heterocycles. The quantitative estimate of drug-likeness (QED) is 0.703. The van der Waals surface area contributed by atoms with Gasteiger partial charge in [0, 0.05) is 12.2 Å². The van der Waals surface area contributed by atoms with E-state index < -0.39 is 22.0 Å². The van der Waals surface area contributed by atoms with Crippen LogP contribution >= 0.6 is 0 Å². The van der Waals surface area contributed by atoms with Crippen molar-refractivity contribution in [1.82, 2.24) is 5.32 Å². The molecule has 2 amide bonds. The Labute approximate surface area is 169 Å². The minimum Gasteiger partial charge on any atom is -0.465 e. The van der Waals surface area contributed by atoms with Crippen LogP contribution in [0.1, 0.15) is 18.1 Å². The van der Waals surface area contributed by atoms with Gasteiger partial charge in [-0.15, -0.1) is 0 Å². The van der Waals surface area contributed by atoms with E-state index in [9.17, 15) is 18.0 Å². The highest BCUT2D eigenvalue weighted by molar-refractivity contribution is 7.92. The van der Waals surface area contributed by atoms with E-state index in [0.29, 0.717) is 24.3 Å². The van der Waals surface area contributed by atoms with Crippen LogP contribution in [0.25, 0.3) is 0 Å². The first-order valence-corrected chi connectivity index (χ1v) is 10.7. The van der Waals surface area contributed by atoms with Crippen molar-refractivity contribution in [2.24, 2.45) is 0 Å². The first kappa shape index (κ1) is 20.7. The van der Waals surface area contributed by atoms with Crippen molar-refractivity contribution in [2.45, 2.75) is 25.2 Å². The number of hydrogen-bond donors (Lipinski definition) is 2. The van der Waals surface area contributed by atoms with Gasteiger partial charge >= 0.3 is 12.0 Å². The van der Waals surface area contributed by atoms with Crippen molar-refractivity contribution in [3.8, 4) is 0 Å². The molecule has 8 nitrogen and oxygen atoms in total. The third kappa shape index (κ3) is 4.68. The van der Waals surface area contributed by atoms with Gasteiger partial charge in [-0.1, -0.05) is 17.7 Å². The number of amides is 2. The molecule has 0 radical (unpaired) electrons. The molecular weight excluding hydrogens is 394 g/mol. The van der Waals surface area contributed by atoms with Crippen LogP contribution < -0.4 is 14.9 Å². The van der Waals surface area contributed by atoms with Crippen LogP contribution in [-0.2, 0) is 26.0 Å². The van der Waals surface area contributed by atoms with E-state index in [2.05, 4.69) is 10.6 Å². The predicted octanol–water partition coefficient (Wildman–Crippen LogP) is 2.43. The van der Waals surface area contributed by atoms with E-state index in [-0.39, 0.29) is 18.0 Å². The Bertz CT molecular complexity index is 1020. The number of fused-ring (bicyclic) bond motifs is 1. The molecule has 0 saturated carbocycles. The summed E-state index contributed by atoms with van der Waals surface area (Å²) in [6.07, 6.45) is 0.542. The Morgan fingerprint density at radius 1 is 1.14 bits per heavy atom. The molecule has 0 fully saturated rings. The van der Waals surface area contributed by atoms with Crippen LogP contribution in [0.3, 0.4) is 0 Å². The highest BCUT2D eigenvalue weighted by Crippen LogP contribution is 2.34. The first-order chi connectivity index (χ1) is 13.8. The second kappa shape index (κ2) is 8.52.